The molecule has 6 nitrogen and oxygen atoms in total. The molecule has 1 rings (SSSR count). The largest absolute Gasteiger partial charge is 0.480 e. The minimum absolute atomic E-state index is 0.000856. The molecule has 0 amide bonds. The lowest BCUT2D eigenvalue weighted by Gasteiger charge is -2.23. The third-order valence-electron chi connectivity index (χ3n) is 2.29. The number of sulfonamides is 1. The molecule has 0 bridgehead atoms. The molecule has 0 aromatic heterocycles. The summed E-state index contributed by atoms with van der Waals surface area (Å²) in [5, 5.41) is 8.94. The Morgan fingerprint density at radius 2 is 1.94 bits per heavy atom. The second-order valence-electron chi connectivity index (χ2n) is 3.76. The first kappa shape index (κ1) is 13.6. The summed E-state index contributed by atoms with van der Waals surface area (Å²) in [5.41, 5.74) is 3.57. The second-order valence-corrected chi connectivity index (χ2v) is 5.44. The molecule has 4 N–H and O–H groups in total. The van der Waals surface area contributed by atoms with Gasteiger partial charge in [-0.15, -0.1) is 0 Å². The van der Waals surface area contributed by atoms with Crippen molar-refractivity contribution in [3.05, 3.63) is 30.3 Å². The van der Waals surface area contributed by atoms with Gasteiger partial charge in [-0.05, 0) is 19.1 Å². The van der Waals surface area contributed by atoms with Crippen LogP contribution >= 0.6 is 0 Å². The Labute approximate surface area is 99.5 Å². The second kappa shape index (κ2) is 4.82. The van der Waals surface area contributed by atoms with Crippen molar-refractivity contribution >= 4 is 16.0 Å². The predicted octanol–water partition coefficient (Wildman–Crippen LogP) is -0.233. The van der Waals surface area contributed by atoms with Gasteiger partial charge in [-0.2, -0.15) is 4.72 Å². The number of benzene rings is 1. The van der Waals surface area contributed by atoms with E-state index in [-0.39, 0.29) is 11.4 Å². The standard InChI is InChI=1S/C10H14N2O4S/c1-10(7-11,9(13)14)12-17(15,16)8-5-3-2-4-6-8/h2-6,12H,7,11H2,1H3,(H,13,14)/t10-/m0/s1. The summed E-state index contributed by atoms with van der Waals surface area (Å²) >= 11 is 0. The van der Waals surface area contributed by atoms with Crippen LogP contribution in [0.2, 0.25) is 0 Å². The van der Waals surface area contributed by atoms with Gasteiger partial charge in [0.15, 0.2) is 0 Å². The number of carbonyl (C=O) groups is 1. The molecule has 1 atom stereocenters. The number of rotatable bonds is 5. The highest BCUT2D eigenvalue weighted by Crippen LogP contribution is 2.12. The van der Waals surface area contributed by atoms with Crippen LogP contribution in [0.1, 0.15) is 6.92 Å². The van der Waals surface area contributed by atoms with Crippen molar-refractivity contribution < 1.29 is 18.3 Å². The zero-order valence-corrected chi connectivity index (χ0v) is 10.1. The topological polar surface area (TPSA) is 109 Å². The molecular weight excluding hydrogens is 244 g/mol. The minimum Gasteiger partial charge on any atom is -0.480 e. The van der Waals surface area contributed by atoms with E-state index in [1.54, 1.807) is 18.2 Å². The van der Waals surface area contributed by atoms with E-state index in [2.05, 4.69) is 4.72 Å². The molecule has 0 fully saturated rings. The maximum absolute atomic E-state index is 11.9. The molecule has 0 aliphatic heterocycles. The monoisotopic (exact) mass is 258 g/mol. The van der Waals surface area contributed by atoms with Gasteiger partial charge in [-0.3, -0.25) is 4.79 Å². The Bertz CT molecular complexity index is 500. The van der Waals surface area contributed by atoms with Crippen molar-refractivity contribution in [3.63, 3.8) is 0 Å². The van der Waals surface area contributed by atoms with E-state index in [9.17, 15) is 13.2 Å². The van der Waals surface area contributed by atoms with Crippen LogP contribution in [0.25, 0.3) is 0 Å². The summed E-state index contributed by atoms with van der Waals surface area (Å²) in [6, 6.07) is 7.52. The molecule has 0 aliphatic rings. The van der Waals surface area contributed by atoms with Crippen LogP contribution in [0.4, 0.5) is 0 Å². The van der Waals surface area contributed by atoms with Crippen molar-refractivity contribution in [2.75, 3.05) is 6.54 Å². The van der Waals surface area contributed by atoms with Gasteiger partial charge < -0.3 is 10.8 Å². The van der Waals surface area contributed by atoms with E-state index in [4.69, 9.17) is 10.8 Å². The number of hydrogen-bond donors (Lipinski definition) is 3. The van der Waals surface area contributed by atoms with E-state index in [0.29, 0.717) is 0 Å². The Morgan fingerprint density at radius 1 is 1.41 bits per heavy atom. The van der Waals surface area contributed by atoms with Crippen LogP contribution in [-0.4, -0.2) is 31.6 Å². The maximum Gasteiger partial charge on any atom is 0.325 e. The highest BCUT2D eigenvalue weighted by atomic mass is 32.2. The smallest absolute Gasteiger partial charge is 0.325 e. The fraction of sp³-hybridized carbons (Fsp3) is 0.300. The van der Waals surface area contributed by atoms with Crippen molar-refractivity contribution in [1.82, 2.24) is 4.72 Å². The number of nitrogens with two attached hydrogens (primary N) is 1. The number of nitrogens with one attached hydrogen (secondary N) is 1. The molecule has 0 saturated heterocycles. The van der Waals surface area contributed by atoms with E-state index < -0.39 is 21.5 Å². The fourth-order valence-corrected chi connectivity index (χ4v) is 2.52. The zero-order chi connectivity index (χ0) is 13.1. The molecule has 94 valence electrons. The normalized spacial score (nSPS) is 15.2. The van der Waals surface area contributed by atoms with Crippen LogP contribution in [0.5, 0.6) is 0 Å². The van der Waals surface area contributed by atoms with Gasteiger partial charge in [-0.25, -0.2) is 8.42 Å². The van der Waals surface area contributed by atoms with E-state index >= 15 is 0 Å². The number of carboxylic acid groups (broad SMARTS) is 1. The molecule has 0 spiro atoms. The van der Waals surface area contributed by atoms with E-state index in [1.807, 2.05) is 0 Å². The van der Waals surface area contributed by atoms with E-state index in [0.717, 1.165) is 0 Å². The SMILES string of the molecule is C[C@@](CN)(NS(=O)(=O)c1ccccc1)C(=O)O. The number of aliphatic carboxylic acids is 1. The number of carboxylic acids is 1. The molecule has 0 saturated carbocycles. The summed E-state index contributed by atoms with van der Waals surface area (Å²) in [7, 11) is -3.89. The Balaban J connectivity index is 3.07. The maximum atomic E-state index is 11.9. The van der Waals surface area contributed by atoms with Gasteiger partial charge >= 0.3 is 5.97 Å². The average molecular weight is 258 g/mol. The lowest BCUT2D eigenvalue weighted by atomic mass is 10.1. The Morgan fingerprint density at radius 3 is 2.35 bits per heavy atom. The molecule has 0 aliphatic carbocycles. The first-order valence-electron chi connectivity index (χ1n) is 4.84. The van der Waals surface area contributed by atoms with Gasteiger partial charge in [0, 0.05) is 6.54 Å². The van der Waals surface area contributed by atoms with Crippen LogP contribution in [0, 0.1) is 0 Å². The average Bonchev–Trinajstić information content (AvgIpc) is 2.29. The molecule has 1 aromatic rings. The molecule has 0 unspecified atom stereocenters. The third-order valence-corrected chi connectivity index (χ3v) is 3.91. The fourth-order valence-electron chi connectivity index (χ4n) is 1.13. The van der Waals surface area contributed by atoms with Crippen LogP contribution in [0.15, 0.2) is 35.2 Å². The van der Waals surface area contributed by atoms with Crippen molar-refractivity contribution in [2.24, 2.45) is 5.73 Å². The summed E-state index contributed by atoms with van der Waals surface area (Å²) in [6.07, 6.45) is 0. The Kier molecular flexibility index (Phi) is 3.87. The van der Waals surface area contributed by atoms with Crippen molar-refractivity contribution in [3.8, 4) is 0 Å². The van der Waals surface area contributed by atoms with Gasteiger partial charge in [0.1, 0.15) is 5.54 Å². The Hall–Kier alpha value is -1.44. The molecule has 0 radical (unpaired) electrons. The summed E-state index contributed by atoms with van der Waals surface area (Å²) < 4.78 is 25.8. The minimum atomic E-state index is -3.89. The van der Waals surface area contributed by atoms with Crippen LogP contribution in [-0.2, 0) is 14.8 Å². The van der Waals surface area contributed by atoms with Gasteiger partial charge in [0.25, 0.3) is 0 Å². The van der Waals surface area contributed by atoms with Gasteiger partial charge in [0.05, 0.1) is 4.90 Å². The molecule has 0 heterocycles. The highest BCUT2D eigenvalue weighted by Gasteiger charge is 2.36. The van der Waals surface area contributed by atoms with Crippen LogP contribution in [0.3, 0.4) is 0 Å². The summed E-state index contributed by atoms with van der Waals surface area (Å²) in [4.78, 5) is 11.0. The lowest BCUT2D eigenvalue weighted by Crippen LogP contribution is -2.56. The lowest BCUT2D eigenvalue weighted by molar-refractivity contribution is -0.142. The van der Waals surface area contributed by atoms with Gasteiger partial charge in [-0.1, -0.05) is 18.2 Å². The first-order chi connectivity index (χ1) is 7.82. The van der Waals surface area contributed by atoms with Crippen LogP contribution < -0.4 is 10.5 Å². The zero-order valence-electron chi connectivity index (χ0n) is 9.25. The first-order valence-corrected chi connectivity index (χ1v) is 6.32. The number of hydrogen-bond acceptors (Lipinski definition) is 4. The predicted molar refractivity (Wildman–Crippen MR) is 61.9 cm³/mol. The van der Waals surface area contributed by atoms with Crippen molar-refractivity contribution in [1.29, 1.82) is 0 Å². The quantitative estimate of drug-likeness (QED) is 0.675. The van der Waals surface area contributed by atoms with Crippen molar-refractivity contribution in [2.45, 2.75) is 17.4 Å². The van der Waals surface area contributed by atoms with E-state index in [1.165, 1.54) is 19.1 Å². The summed E-state index contributed by atoms with van der Waals surface area (Å²) in [6.45, 7) is 0.879. The molecule has 1 aromatic carbocycles. The summed E-state index contributed by atoms with van der Waals surface area (Å²) in [5.74, 6) is -1.32. The molecule has 17 heavy (non-hydrogen) atoms. The molecular formula is C10H14N2O4S. The molecule has 7 heteroatoms. The van der Waals surface area contributed by atoms with Gasteiger partial charge in [0.2, 0.25) is 10.0 Å². The highest BCUT2D eigenvalue weighted by molar-refractivity contribution is 7.89. The third kappa shape index (κ3) is 3.02.